The summed E-state index contributed by atoms with van der Waals surface area (Å²) in [5.74, 6) is 0.507. The van der Waals surface area contributed by atoms with Crippen LogP contribution in [0.25, 0.3) is 0 Å². The topological polar surface area (TPSA) is 38.3 Å². The van der Waals surface area contributed by atoms with Crippen molar-refractivity contribution in [1.29, 1.82) is 0 Å². The van der Waals surface area contributed by atoms with Crippen molar-refractivity contribution in [2.24, 2.45) is 0 Å². The Labute approximate surface area is 117 Å². The van der Waals surface area contributed by atoms with E-state index in [0.29, 0.717) is 11.3 Å². The molecular weight excluding hydrogens is 294 g/mol. The second-order valence-corrected chi connectivity index (χ2v) is 5.28. The van der Waals surface area contributed by atoms with Gasteiger partial charge in [-0.25, -0.2) is 0 Å². The highest BCUT2D eigenvalue weighted by molar-refractivity contribution is 9.10. The first kappa shape index (κ1) is 15.0. The Balaban J connectivity index is 2.72. The van der Waals surface area contributed by atoms with E-state index in [-0.39, 0.29) is 11.9 Å². The minimum absolute atomic E-state index is 0.0806. The first-order valence-electron chi connectivity index (χ1n) is 6.22. The van der Waals surface area contributed by atoms with E-state index in [1.807, 2.05) is 13.0 Å². The Morgan fingerprint density at radius 1 is 1.50 bits per heavy atom. The van der Waals surface area contributed by atoms with Crippen LogP contribution in [0.3, 0.4) is 0 Å². The number of rotatable bonds is 6. The van der Waals surface area contributed by atoms with Gasteiger partial charge < -0.3 is 10.1 Å². The molecule has 1 aromatic rings. The number of carbonyl (C=O) groups is 1. The molecule has 3 nitrogen and oxygen atoms in total. The number of nitrogens with one attached hydrogen (secondary N) is 1. The predicted octanol–water partition coefficient (Wildman–Crippen LogP) is 3.77. The smallest absolute Gasteiger partial charge is 0.255 e. The highest BCUT2D eigenvalue weighted by Crippen LogP contribution is 2.23. The molecule has 4 heteroatoms. The molecule has 0 heterocycles. The number of benzene rings is 1. The van der Waals surface area contributed by atoms with Gasteiger partial charge in [0.2, 0.25) is 0 Å². The maximum atomic E-state index is 12.1. The molecule has 0 aliphatic heterocycles. The van der Waals surface area contributed by atoms with Gasteiger partial charge in [-0.1, -0.05) is 35.7 Å². The zero-order chi connectivity index (χ0) is 13.5. The van der Waals surface area contributed by atoms with Gasteiger partial charge in [0, 0.05) is 10.5 Å². The summed E-state index contributed by atoms with van der Waals surface area (Å²) in [7, 11) is 1.57. The normalized spacial score (nSPS) is 12.0. The molecule has 0 bridgehead atoms. The van der Waals surface area contributed by atoms with Crippen LogP contribution in [0, 0.1) is 0 Å². The maximum absolute atomic E-state index is 12.1. The summed E-state index contributed by atoms with van der Waals surface area (Å²) in [6, 6.07) is 5.59. The Hall–Kier alpha value is -1.03. The number of hydrogen-bond acceptors (Lipinski definition) is 2. The molecule has 1 unspecified atom stereocenters. The summed E-state index contributed by atoms with van der Waals surface area (Å²) in [4.78, 5) is 12.1. The van der Waals surface area contributed by atoms with Crippen molar-refractivity contribution >= 4 is 21.8 Å². The van der Waals surface area contributed by atoms with E-state index in [1.54, 1.807) is 19.2 Å². The number of hydrogen-bond donors (Lipinski definition) is 1. The maximum Gasteiger partial charge on any atom is 0.255 e. The summed E-state index contributed by atoms with van der Waals surface area (Å²) < 4.78 is 6.12. The fourth-order valence-electron chi connectivity index (χ4n) is 1.74. The van der Waals surface area contributed by atoms with E-state index in [2.05, 4.69) is 28.2 Å². The van der Waals surface area contributed by atoms with Gasteiger partial charge in [-0.3, -0.25) is 4.79 Å². The average Bonchev–Trinajstić information content (AvgIpc) is 2.35. The van der Waals surface area contributed by atoms with Crippen molar-refractivity contribution in [2.45, 2.75) is 39.2 Å². The van der Waals surface area contributed by atoms with E-state index in [1.165, 1.54) is 0 Å². The largest absolute Gasteiger partial charge is 0.496 e. The lowest BCUT2D eigenvalue weighted by molar-refractivity contribution is 0.0935. The number of carbonyl (C=O) groups excluding carboxylic acids is 1. The van der Waals surface area contributed by atoms with Gasteiger partial charge in [-0.05, 0) is 31.5 Å². The molecule has 0 saturated heterocycles. The molecule has 100 valence electrons. The Bertz CT molecular complexity index is 407. The quantitative estimate of drug-likeness (QED) is 0.868. The van der Waals surface area contributed by atoms with Gasteiger partial charge >= 0.3 is 0 Å². The SMILES string of the molecule is CCCCC(C)NC(=O)c1ccc(Br)cc1OC. The molecule has 1 rings (SSSR count). The number of ether oxygens (including phenoxy) is 1. The number of amides is 1. The van der Waals surface area contributed by atoms with Crippen molar-refractivity contribution in [3.05, 3.63) is 28.2 Å². The molecule has 0 radical (unpaired) electrons. The zero-order valence-electron chi connectivity index (χ0n) is 11.1. The van der Waals surface area contributed by atoms with Crippen molar-refractivity contribution in [3.63, 3.8) is 0 Å². The highest BCUT2D eigenvalue weighted by Gasteiger charge is 2.14. The average molecular weight is 314 g/mol. The van der Waals surface area contributed by atoms with Crippen molar-refractivity contribution in [3.8, 4) is 5.75 Å². The molecule has 0 spiro atoms. The van der Waals surface area contributed by atoms with Crippen molar-refractivity contribution in [2.75, 3.05) is 7.11 Å². The molecule has 0 aliphatic carbocycles. The van der Waals surface area contributed by atoms with Gasteiger partial charge in [0.1, 0.15) is 5.75 Å². The summed E-state index contributed by atoms with van der Waals surface area (Å²) >= 11 is 3.36. The van der Waals surface area contributed by atoms with Gasteiger partial charge in [-0.15, -0.1) is 0 Å². The summed E-state index contributed by atoms with van der Waals surface area (Å²) in [5, 5.41) is 2.99. The third-order valence-electron chi connectivity index (χ3n) is 2.78. The first-order valence-corrected chi connectivity index (χ1v) is 7.02. The Morgan fingerprint density at radius 3 is 2.83 bits per heavy atom. The Morgan fingerprint density at radius 2 is 2.22 bits per heavy atom. The lowest BCUT2D eigenvalue weighted by Crippen LogP contribution is -2.32. The van der Waals surface area contributed by atoms with Crippen LogP contribution < -0.4 is 10.1 Å². The Kier molecular flexibility index (Phi) is 6.19. The fourth-order valence-corrected chi connectivity index (χ4v) is 2.08. The third-order valence-corrected chi connectivity index (χ3v) is 3.27. The highest BCUT2D eigenvalue weighted by atomic mass is 79.9. The van der Waals surface area contributed by atoms with Crippen molar-refractivity contribution < 1.29 is 9.53 Å². The van der Waals surface area contributed by atoms with E-state index in [4.69, 9.17) is 4.74 Å². The van der Waals surface area contributed by atoms with Gasteiger partial charge in [-0.2, -0.15) is 0 Å². The van der Waals surface area contributed by atoms with Crippen molar-refractivity contribution in [1.82, 2.24) is 5.32 Å². The molecular formula is C14H20BrNO2. The molecule has 1 aromatic carbocycles. The van der Waals surface area contributed by atoms with E-state index in [0.717, 1.165) is 23.7 Å². The van der Waals surface area contributed by atoms with Crippen LogP contribution in [-0.2, 0) is 0 Å². The lowest BCUT2D eigenvalue weighted by Gasteiger charge is -2.15. The fraction of sp³-hybridized carbons (Fsp3) is 0.500. The number of unbranched alkanes of at least 4 members (excludes halogenated alkanes) is 1. The van der Waals surface area contributed by atoms with Crippen LogP contribution in [0.2, 0.25) is 0 Å². The standard InChI is InChI=1S/C14H20BrNO2/c1-4-5-6-10(2)16-14(17)12-8-7-11(15)9-13(12)18-3/h7-10H,4-6H2,1-3H3,(H,16,17). The summed E-state index contributed by atoms with van der Waals surface area (Å²) in [6.45, 7) is 4.17. The molecule has 0 aliphatic rings. The van der Waals surface area contributed by atoms with Crippen LogP contribution in [0.5, 0.6) is 5.75 Å². The minimum Gasteiger partial charge on any atom is -0.496 e. The minimum atomic E-state index is -0.0806. The van der Waals surface area contributed by atoms with Gasteiger partial charge in [0.25, 0.3) is 5.91 Å². The second kappa shape index (κ2) is 7.41. The summed E-state index contributed by atoms with van der Waals surface area (Å²) in [6.07, 6.45) is 3.27. The van der Waals surface area contributed by atoms with E-state index < -0.39 is 0 Å². The van der Waals surface area contributed by atoms with Crippen LogP contribution in [0.15, 0.2) is 22.7 Å². The zero-order valence-corrected chi connectivity index (χ0v) is 12.7. The van der Waals surface area contributed by atoms with Crippen LogP contribution in [0.4, 0.5) is 0 Å². The van der Waals surface area contributed by atoms with Crippen LogP contribution in [0.1, 0.15) is 43.5 Å². The van der Waals surface area contributed by atoms with Gasteiger partial charge in [0.05, 0.1) is 12.7 Å². The van der Waals surface area contributed by atoms with Crippen LogP contribution >= 0.6 is 15.9 Å². The van der Waals surface area contributed by atoms with Crippen LogP contribution in [-0.4, -0.2) is 19.1 Å². The predicted molar refractivity (Wildman–Crippen MR) is 77.1 cm³/mol. The third kappa shape index (κ3) is 4.33. The first-order chi connectivity index (χ1) is 8.58. The second-order valence-electron chi connectivity index (χ2n) is 4.36. The molecule has 1 atom stereocenters. The monoisotopic (exact) mass is 313 g/mol. The summed E-state index contributed by atoms with van der Waals surface area (Å²) in [5.41, 5.74) is 0.573. The van der Waals surface area contributed by atoms with Gasteiger partial charge in [0.15, 0.2) is 0 Å². The molecule has 0 fully saturated rings. The molecule has 18 heavy (non-hydrogen) atoms. The van der Waals surface area contributed by atoms with E-state index in [9.17, 15) is 4.79 Å². The molecule has 1 N–H and O–H groups in total. The number of methoxy groups -OCH3 is 1. The molecule has 0 aromatic heterocycles. The van der Waals surface area contributed by atoms with E-state index >= 15 is 0 Å². The molecule has 1 amide bonds. The number of halogens is 1. The lowest BCUT2D eigenvalue weighted by atomic mass is 10.1. The molecule has 0 saturated carbocycles.